The number of carboxylic acid groups (broad SMARTS) is 1. The zero-order valence-electron chi connectivity index (χ0n) is 9.36. The Morgan fingerprint density at radius 1 is 1.05 bits per heavy atom. The first kappa shape index (κ1) is 13.5. The van der Waals surface area contributed by atoms with Crippen molar-refractivity contribution in [2.75, 3.05) is 0 Å². The van der Waals surface area contributed by atoms with E-state index in [1.165, 1.54) is 18.2 Å². The number of rotatable bonds is 3. The highest BCUT2D eigenvalue weighted by molar-refractivity contribution is 7.99. The summed E-state index contributed by atoms with van der Waals surface area (Å²) in [6, 6.07) is 6.72. The summed E-state index contributed by atoms with van der Waals surface area (Å²) >= 11 is 0.692. The van der Waals surface area contributed by atoms with Gasteiger partial charge < -0.3 is 5.11 Å². The van der Waals surface area contributed by atoms with E-state index in [2.05, 4.69) is 0 Å². The molecule has 0 heterocycles. The van der Waals surface area contributed by atoms with E-state index in [1.54, 1.807) is 0 Å². The molecule has 0 aliphatic rings. The maximum absolute atomic E-state index is 13.6. The lowest BCUT2D eigenvalue weighted by Crippen LogP contribution is -2.00. The van der Waals surface area contributed by atoms with Gasteiger partial charge in [0.1, 0.15) is 17.5 Å². The van der Waals surface area contributed by atoms with Crippen LogP contribution in [0.3, 0.4) is 0 Å². The molecule has 2 rings (SSSR count). The predicted molar refractivity (Wildman–Crippen MR) is 63.8 cm³/mol. The maximum Gasteiger partial charge on any atom is 0.335 e. The van der Waals surface area contributed by atoms with Gasteiger partial charge in [0.05, 0.1) is 10.5 Å². The van der Waals surface area contributed by atoms with E-state index in [0.717, 1.165) is 18.2 Å². The van der Waals surface area contributed by atoms with E-state index in [1.807, 2.05) is 0 Å². The molecule has 0 saturated heterocycles. The molecule has 0 saturated carbocycles. The molecule has 0 amide bonds. The lowest BCUT2D eigenvalue weighted by Gasteiger charge is -2.06. The van der Waals surface area contributed by atoms with Crippen molar-refractivity contribution in [3.63, 3.8) is 0 Å². The highest BCUT2D eigenvalue weighted by Gasteiger charge is 2.15. The quantitative estimate of drug-likeness (QED) is 0.927. The van der Waals surface area contributed by atoms with Gasteiger partial charge in [-0.2, -0.15) is 0 Å². The summed E-state index contributed by atoms with van der Waals surface area (Å²) in [7, 11) is 0. The van der Waals surface area contributed by atoms with Crippen molar-refractivity contribution in [3.8, 4) is 0 Å². The number of aromatic carboxylic acids is 1. The van der Waals surface area contributed by atoms with Gasteiger partial charge in [-0.25, -0.2) is 18.0 Å². The molecule has 2 aromatic rings. The van der Waals surface area contributed by atoms with Gasteiger partial charge in [0, 0.05) is 4.90 Å². The molecular formula is C13H7F3O2S. The van der Waals surface area contributed by atoms with Crippen molar-refractivity contribution in [1.29, 1.82) is 0 Å². The Morgan fingerprint density at radius 2 is 1.68 bits per heavy atom. The first-order valence-electron chi connectivity index (χ1n) is 5.13. The fraction of sp³-hybridized carbons (Fsp3) is 0. The summed E-state index contributed by atoms with van der Waals surface area (Å²) in [6.07, 6.45) is 0. The van der Waals surface area contributed by atoms with E-state index in [0.29, 0.717) is 16.7 Å². The van der Waals surface area contributed by atoms with Crippen LogP contribution in [0.1, 0.15) is 10.4 Å². The fourth-order valence-corrected chi connectivity index (χ4v) is 2.30. The molecule has 0 unspecified atom stereocenters. The van der Waals surface area contributed by atoms with Crippen LogP contribution in [0.4, 0.5) is 13.2 Å². The van der Waals surface area contributed by atoms with Gasteiger partial charge in [0.15, 0.2) is 0 Å². The minimum atomic E-state index is -1.42. The van der Waals surface area contributed by atoms with Gasteiger partial charge in [0.2, 0.25) is 0 Å². The van der Waals surface area contributed by atoms with Crippen molar-refractivity contribution in [2.24, 2.45) is 0 Å². The second-order valence-corrected chi connectivity index (χ2v) is 4.72. The molecule has 6 heteroatoms. The van der Waals surface area contributed by atoms with Crippen LogP contribution in [-0.4, -0.2) is 11.1 Å². The topological polar surface area (TPSA) is 37.3 Å². The Balaban J connectivity index is 2.38. The van der Waals surface area contributed by atoms with Crippen molar-refractivity contribution in [3.05, 3.63) is 59.4 Å². The minimum Gasteiger partial charge on any atom is -0.478 e. The van der Waals surface area contributed by atoms with Crippen molar-refractivity contribution in [2.45, 2.75) is 9.79 Å². The molecule has 0 radical (unpaired) electrons. The number of halogens is 3. The van der Waals surface area contributed by atoms with Gasteiger partial charge in [-0.1, -0.05) is 17.8 Å². The molecule has 2 nitrogen and oxygen atoms in total. The first-order valence-corrected chi connectivity index (χ1v) is 5.95. The molecule has 0 fully saturated rings. The van der Waals surface area contributed by atoms with Crippen LogP contribution in [0.2, 0.25) is 0 Å². The van der Waals surface area contributed by atoms with E-state index < -0.39 is 29.0 Å². The Kier molecular flexibility index (Phi) is 3.80. The van der Waals surface area contributed by atoms with Crippen LogP contribution >= 0.6 is 11.8 Å². The molecule has 0 bridgehead atoms. The molecule has 98 valence electrons. The van der Waals surface area contributed by atoms with Gasteiger partial charge in [0.25, 0.3) is 0 Å². The third kappa shape index (κ3) is 3.08. The highest BCUT2D eigenvalue weighted by atomic mass is 32.2. The van der Waals surface area contributed by atoms with Gasteiger partial charge in [-0.15, -0.1) is 0 Å². The first-order chi connectivity index (χ1) is 8.97. The van der Waals surface area contributed by atoms with Crippen molar-refractivity contribution >= 4 is 17.7 Å². The van der Waals surface area contributed by atoms with Crippen molar-refractivity contribution < 1.29 is 23.1 Å². The SMILES string of the molecule is O=C(O)c1cc(F)c(Sc2cccc(F)c2)c(F)c1. The second-order valence-electron chi connectivity index (χ2n) is 3.63. The number of hydrogen-bond donors (Lipinski definition) is 1. The average Bonchev–Trinajstić information content (AvgIpc) is 2.33. The Bertz CT molecular complexity index is 621. The van der Waals surface area contributed by atoms with Gasteiger partial charge >= 0.3 is 5.97 Å². The standard InChI is InChI=1S/C13H7F3O2S/c14-8-2-1-3-9(6-8)19-12-10(15)4-7(13(17)18)5-11(12)16/h1-6H,(H,17,18). The summed E-state index contributed by atoms with van der Waals surface area (Å²) in [6.45, 7) is 0. The molecule has 19 heavy (non-hydrogen) atoms. The maximum atomic E-state index is 13.6. The van der Waals surface area contributed by atoms with Crippen LogP contribution in [0, 0.1) is 17.5 Å². The summed E-state index contributed by atoms with van der Waals surface area (Å²) in [4.78, 5) is 10.6. The zero-order valence-corrected chi connectivity index (χ0v) is 10.2. The molecule has 0 spiro atoms. The molecule has 0 aliphatic carbocycles. The van der Waals surface area contributed by atoms with Crippen LogP contribution in [0.15, 0.2) is 46.2 Å². The lowest BCUT2D eigenvalue weighted by molar-refractivity contribution is 0.0695. The molecular weight excluding hydrogens is 277 g/mol. The third-order valence-electron chi connectivity index (χ3n) is 2.26. The summed E-state index contributed by atoms with van der Waals surface area (Å²) < 4.78 is 40.2. The van der Waals surface area contributed by atoms with Crippen LogP contribution < -0.4 is 0 Å². The molecule has 0 aliphatic heterocycles. The van der Waals surface area contributed by atoms with Crippen LogP contribution in [0.5, 0.6) is 0 Å². The molecule has 0 aromatic heterocycles. The van der Waals surface area contributed by atoms with Crippen LogP contribution in [-0.2, 0) is 0 Å². The Labute approximate surface area is 110 Å². The number of carboxylic acids is 1. The number of hydrogen-bond acceptors (Lipinski definition) is 2. The summed E-state index contributed by atoms with van der Waals surface area (Å²) in [5, 5.41) is 8.66. The molecule has 1 N–H and O–H groups in total. The third-order valence-corrected chi connectivity index (χ3v) is 3.34. The fourth-order valence-electron chi connectivity index (χ4n) is 1.43. The van der Waals surface area contributed by atoms with E-state index >= 15 is 0 Å². The lowest BCUT2D eigenvalue weighted by atomic mass is 10.2. The van der Waals surface area contributed by atoms with Gasteiger partial charge in [-0.05, 0) is 30.3 Å². The monoisotopic (exact) mass is 284 g/mol. The normalized spacial score (nSPS) is 10.5. The Morgan fingerprint density at radius 3 is 2.21 bits per heavy atom. The highest BCUT2D eigenvalue weighted by Crippen LogP contribution is 2.32. The van der Waals surface area contributed by atoms with E-state index in [4.69, 9.17) is 5.11 Å². The largest absolute Gasteiger partial charge is 0.478 e. The van der Waals surface area contributed by atoms with Gasteiger partial charge in [-0.3, -0.25) is 0 Å². The van der Waals surface area contributed by atoms with Crippen LogP contribution in [0.25, 0.3) is 0 Å². The van der Waals surface area contributed by atoms with E-state index in [9.17, 15) is 18.0 Å². The predicted octanol–water partition coefficient (Wildman–Crippen LogP) is 3.95. The summed E-state index contributed by atoms with van der Waals surface area (Å²) in [5.41, 5.74) is -0.474. The number of benzene rings is 2. The molecule has 2 aromatic carbocycles. The summed E-state index contributed by atoms with van der Waals surface area (Å²) in [5.74, 6) is -3.92. The zero-order chi connectivity index (χ0) is 14.0. The van der Waals surface area contributed by atoms with E-state index in [-0.39, 0.29) is 4.90 Å². The molecule has 0 atom stereocenters. The smallest absolute Gasteiger partial charge is 0.335 e. The minimum absolute atomic E-state index is 0.320. The number of carbonyl (C=O) groups is 1. The second kappa shape index (κ2) is 5.36. The average molecular weight is 284 g/mol. The van der Waals surface area contributed by atoms with Crippen molar-refractivity contribution in [1.82, 2.24) is 0 Å². The Hall–Kier alpha value is -1.95.